The van der Waals surface area contributed by atoms with Gasteiger partial charge in [0.1, 0.15) is 12.1 Å². The van der Waals surface area contributed by atoms with Crippen molar-refractivity contribution in [3.63, 3.8) is 0 Å². The fourth-order valence-electron chi connectivity index (χ4n) is 5.59. The molecule has 0 heterocycles. The lowest BCUT2D eigenvalue weighted by Crippen LogP contribution is -2.34. The van der Waals surface area contributed by atoms with Crippen molar-refractivity contribution in [3.8, 4) is 0 Å². The van der Waals surface area contributed by atoms with Gasteiger partial charge in [0.15, 0.2) is 0 Å². The highest BCUT2D eigenvalue weighted by Crippen LogP contribution is 2.43. The quantitative estimate of drug-likeness (QED) is 0.0237. The molecule has 11 heteroatoms. The maximum Gasteiger partial charge on any atom is 0.472 e. The number of carbonyl (C=O) groups is 2. The van der Waals surface area contributed by atoms with Crippen molar-refractivity contribution < 1.29 is 42.7 Å². The molecule has 0 fully saturated rings. The third-order valence-corrected chi connectivity index (χ3v) is 9.82. The van der Waals surface area contributed by atoms with Gasteiger partial charge in [0.05, 0.1) is 19.8 Å². The van der Waals surface area contributed by atoms with E-state index in [-0.39, 0.29) is 13.0 Å². The highest BCUT2D eigenvalue weighted by atomic mass is 31.2. The number of phosphoric acid groups is 1. The number of carboxylic acid groups (broad SMARTS) is 1. The number of hydrogen-bond acceptors (Lipinski definition) is 8. The van der Waals surface area contributed by atoms with E-state index in [9.17, 15) is 19.0 Å². The fraction of sp³-hybridized carbons (Fsp3) is 0.767. The Morgan fingerprint density at radius 1 is 0.611 bits per heavy atom. The van der Waals surface area contributed by atoms with E-state index >= 15 is 0 Å². The molecule has 0 aromatic carbocycles. The summed E-state index contributed by atoms with van der Waals surface area (Å²) >= 11 is 0. The summed E-state index contributed by atoms with van der Waals surface area (Å²) in [5.74, 6) is -1.78. The van der Waals surface area contributed by atoms with Crippen molar-refractivity contribution in [2.24, 2.45) is 5.73 Å². The Morgan fingerprint density at radius 3 is 1.61 bits per heavy atom. The largest absolute Gasteiger partial charge is 0.480 e. The van der Waals surface area contributed by atoms with Crippen LogP contribution in [0.2, 0.25) is 0 Å². The summed E-state index contributed by atoms with van der Waals surface area (Å²) in [7, 11) is -4.61. The van der Waals surface area contributed by atoms with Gasteiger partial charge < -0.3 is 25.2 Å². The number of esters is 1. The number of hydrogen-bond donors (Lipinski definition) is 3. The van der Waals surface area contributed by atoms with Gasteiger partial charge in [0, 0.05) is 13.0 Å². The summed E-state index contributed by atoms with van der Waals surface area (Å²) in [4.78, 5) is 33.4. The molecule has 0 aliphatic carbocycles. The lowest BCUT2D eigenvalue weighted by molar-refractivity contribution is -0.154. The minimum atomic E-state index is -4.61. The SMILES string of the molecule is CC/C=C\C/C=C\C/C=C\C/C=C\CCCCCCCCCCCCC(=O)OC(COCCCCCCCCCCC)COP(=O)(O)OCC(N)C(=O)O. The fourth-order valence-corrected chi connectivity index (χ4v) is 6.37. The first kappa shape index (κ1) is 51.9. The van der Waals surface area contributed by atoms with Gasteiger partial charge in [-0.3, -0.25) is 18.6 Å². The Morgan fingerprint density at radius 2 is 1.07 bits per heavy atom. The zero-order valence-corrected chi connectivity index (χ0v) is 35.0. The average molecular weight is 784 g/mol. The molecule has 0 bridgehead atoms. The van der Waals surface area contributed by atoms with Gasteiger partial charge in [0.25, 0.3) is 0 Å². The Kier molecular flexibility index (Phi) is 37.7. The van der Waals surface area contributed by atoms with E-state index in [0.29, 0.717) is 13.0 Å². The molecule has 314 valence electrons. The maximum absolute atomic E-state index is 12.6. The van der Waals surface area contributed by atoms with Gasteiger partial charge in [-0.1, -0.05) is 165 Å². The zero-order valence-electron chi connectivity index (χ0n) is 34.1. The minimum absolute atomic E-state index is 0.0157. The lowest BCUT2D eigenvalue weighted by Gasteiger charge is -2.20. The molecule has 4 N–H and O–H groups in total. The van der Waals surface area contributed by atoms with Crippen molar-refractivity contribution in [2.45, 2.75) is 187 Å². The molecule has 0 radical (unpaired) electrons. The molecule has 0 aliphatic rings. The summed E-state index contributed by atoms with van der Waals surface area (Å²) in [6.07, 6.45) is 44.6. The van der Waals surface area contributed by atoms with Gasteiger partial charge in [-0.2, -0.15) is 0 Å². The molecular formula is C43H78NO9P. The number of carbonyl (C=O) groups excluding carboxylic acids is 1. The molecule has 0 aromatic heterocycles. The van der Waals surface area contributed by atoms with Crippen LogP contribution in [-0.2, 0) is 32.7 Å². The number of aliphatic carboxylic acids is 1. The van der Waals surface area contributed by atoms with Crippen LogP contribution in [0.25, 0.3) is 0 Å². The van der Waals surface area contributed by atoms with E-state index in [1.165, 1.54) is 77.0 Å². The van der Waals surface area contributed by atoms with Crippen molar-refractivity contribution >= 4 is 19.8 Å². The lowest BCUT2D eigenvalue weighted by atomic mass is 10.0. The molecule has 3 unspecified atom stereocenters. The Balaban J connectivity index is 4.13. The Labute approximate surface area is 329 Å². The van der Waals surface area contributed by atoms with Gasteiger partial charge in [0.2, 0.25) is 0 Å². The average Bonchev–Trinajstić information content (AvgIpc) is 3.15. The van der Waals surface area contributed by atoms with Crippen molar-refractivity contribution in [2.75, 3.05) is 26.4 Å². The second-order valence-electron chi connectivity index (χ2n) is 14.1. The first-order chi connectivity index (χ1) is 26.2. The predicted molar refractivity (Wildman–Crippen MR) is 221 cm³/mol. The summed E-state index contributed by atoms with van der Waals surface area (Å²) in [6.45, 7) is 3.74. The number of allylic oxidation sites excluding steroid dienone is 8. The highest BCUT2D eigenvalue weighted by molar-refractivity contribution is 7.47. The van der Waals surface area contributed by atoms with Crippen molar-refractivity contribution in [1.82, 2.24) is 0 Å². The third-order valence-electron chi connectivity index (χ3n) is 8.87. The Hall–Kier alpha value is -2.07. The normalized spacial score (nSPS) is 14.4. The number of rotatable bonds is 40. The van der Waals surface area contributed by atoms with Gasteiger partial charge in [-0.15, -0.1) is 0 Å². The van der Waals surface area contributed by atoms with Crippen LogP contribution in [0.3, 0.4) is 0 Å². The van der Waals surface area contributed by atoms with Crippen LogP contribution in [-0.4, -0.2) is 60.5 Å². The molecule has 0 rings (SSSR count). The van der Waals surface area contributed by atoms with Crippen LogP contribution < -0.4 is 5.73 Å². The smallest absolute Gasteiger partial charge is 0.472 e. The second kappa shape index (κ2) is 39.2. The van der Waals surface area contributed by atoms with E-state index in [2.05, 4.69) is 62.5 Å². The molecule has 0 spiro atoms. The maximum atomic E-state index is 12.6. The number of unbranched alkanes of at least 4 members (excludes halogenated alkanes) is 18. The van der Waals surface area contributed by atoms with E-state index < -0.39 is 45.1 Å². The first-order valence-corrected chi connectivity index (χ1v) is 22.7. The minimum Gasteiger partial charge on any atom is -0.480 e. The van der Waals surface area contributed by atoms with Crippen LogP contribution in [0.1, 0.15) is 174 Å². The summed E-state index contributed by atoms with van der Waals surface area (Å²) in [6, 6.07) is -1.47. The highest BCUT2D eigenvalue weighted by Gasteiger charge is 2.27. The molecule has 0 aromatic rings. The zero-order chi connectivity index (χ0) is 39.8. The molecule has 10 nitrogen and oxygen atoms in total. The summed E-state index contributed by atoms with van der Waals surface area (Å²) in [5, 5.41) is 8.87. The molecular weight excluding hydrogens is 705 g/mol. The molecule has 54 heavy (non-hydrogen) atoms. The number of nitrogens with two attached hydrogens (primary N) is 1. The molecule has 0 amide bonds. The van der Waals surface area contributed by atoms with Crippen LogP contribution in [0.4, 0.5) is 0 Å². The van der Waals surface area contributed by atoms with Crippen LogP contribution >= 0.6 is 7.82 Å². The predicted octanol–water partition coefficient (Wildman–Crippen LogP) is 11.5. The first-order valence-electron chi connectivity index (χ1n) is 21.2. The number of phosphoric ester groups is 1. The van der Waals surface area contributed by atoms with E-state index in [0.717, 1.165) is 70.6 Å². The summed E-state index contributed by atoms with van der Waals surface area (Å²) < 4.78 is 33.2. The van der Waals surface area contributed by atoms with Crippen LogP contribution in [0, 0.1) is 0 Å². The Bertz CT molecular complexity index is 1050. The van der Waals surface area contributed by atoms with Crippen LogP contribution in [0.15, 0.2) is 48.6 Å². The standard InChI is InChI=1S/C43H78NO9P/c1-3-5-7-9-11-13-14-15-16-17-18-19-20-21-22-23-24-25-26-27-29-31-33-35-42(45)53-40(38-51-54(48,49)52-39-41(44)43(46)47)37-50-36-34-32-30-28-12-10-8-6-4-2/h5,7,11,13,15-16,18-19,40-41H,3-4,6,8-10,12,14,17,20-39,44H2,1-2H3,(H,46,47)(H,48,49)/b7-5-,13-11-,16-15-,19-18-. The van der Waals surface area contributed by atoms with E-state index in [4.69, 9.17) is 29.4 Å². The monoisotopic (exact) mass is 784 g/mol. The topological polar surface area (TPSA) is 155 Å². The van der Waals surface area contributed by atoms with Crippen molar-refractivity contribution in [1.29, 1.82) is 0 Å². The van der Waals surface area contributed by atoms with Gasteiger partial charge in [-0.05, 0) is 51.4 Å². The van der Waals surface area contributed by atoms with E-state index in [1.807, 2.05) is 0 Å². The molecule has 0 saturated carbocycles. The number of ether oxygens (including phenoxy) is 2. The second-order valence-corrected chi connectivity index (χ2v) is 15.5. The summed E-state index contributed by atoms with van der Waals surface area (Å²) in [5.41, 5.74) is 5.34. The number of carboxylic acids is 1. The molecule has 3 atom stereocenters. The van der Waals surface area contributed by atoms with E-state index in [1.54, 1.807) is 0 Å². The molecule has 0 aliphatic heterocycles. The third kappa shape index (κ3) is 38.2. The van der Waals surface area contributed by atoms with Crippen LogP contribution in [0.5, 0.6) is 0 Å². The van der Waals surface area contributed by atoms with Gasteiger partial charge in [-0.25, -0.2) is 4.57 Å². The van der Waals surface area contributed by atoms with Crippen molar-refractivity contribution in [3.05, 3.63) is 48.6 Å². The van der Waals surface area contributed by atoms with Gasteiger partial charge >= 0.3 is 19.8 Å². The molecule has 0 saturated heterocycles.